The first-order chi connectivity index (χ1) is 5.76. The van der Waals surface area contributed by atoms with E-state index in [4.69, 9.17) is 0 Å². The highest BCUT2D eigenvalue weighted by molar-refractivity contribution is 5.93. The maximum Gasteiger partial charge on any atom is 0.347 e. The summed E-state index contributed by atoms with van der Waals surface area (Å²) < 4.78 is 4.48. The van der Waals surface area contributed by atoms with Crippen LogP contribution in [0.5, 0.6) is 0 Å². The lowest BCUT2D eigenvalue weighted by molar-refractivity contribution is -0.135. The zero-order valence-corrected chi connectivity index (χ0v) is 7.39. The molecule has 0 aromatic carbocycles. The van der Waals surface area contributed by atoms with Gasteiger partial charge in [-0.2, -0.15) is 0 Å². The lowest BCUT2D eigenvalue weighted by Crippen LogP contribution is -2.02. The number of ether oxygens (including phenoxy) is 1. The number of hydrogen-bond acceptors (Lipinski definition) is 2. The third-order valence-corrected chi connectivity index (χ3v) is 1.03. The second-order valence-electron chi connectivity index (χ2n) is 1.82. The Morgan fingerprint density at radius 1 is 1.33 bits per heavy atom. The minimum Gasteiger partial charge on any atom is -0.465 e. The SMILES string of the molecule is CC#C/C=C(\C#CC)C(=O)OC. The molecule has 0 fully saturated rings. The van der Waals surface area contributed by atoms with Gasteiger partial charge in [-0.1, -0.05) is 11.8 Å². The molecule has 0 bridgehead atoms. The van der Waals surface area contributed by atoms with Crippen LogP contribution < -0.4 is 0 Å². The smallest absolute Gasteiger partial charge is 0.347 e. The van der Waals surface area contributed by atoms with E-state index in [0.29, 0.717) is 0 Å². The molecule has 0 unspecified atom stereocenters. The molecule has 0 aromatic rings. The largest absolute Gasteiger partial charge is 0.465 e. The van der Waals surface area contributed by atoms with Crippen LogP contribution in [0.25, 0.3) is 0 Å². The van der Waals surface area contributed by atoms with E-state index in [-0.39, 0.29) is 5.57 Å². The van der Waals surface area contributed by atoms with Crippen LogP contribution in [0.2, 0.25) is 0 Å². The van der Waals surface area contributed by atoms with Gasteiger partial charge in [0.15, 0.2) is 0 Å². The molecule has 0 aliphatic carbocycles. The number of methoxy groups -OCH3 is 1. The molecule has 0 heterocycles. The number of esters is 1. The van der Waals surface area contributed by atoms with Crippen LogP contribution in [-0.2, 0) is 9.53 Å². The van der Waals surface area contributed by atoms with Crippen LogP contribution in [-0.4, -0.2) is 13.1 Å². The first kappa shape index (κ1) is 10.3. The van der Waals surface area contributed by atoms with Gasteiger partial charge in [-0.05, 0) is 13.8 Å². The van der Waals surface area contributed by atoms with Crippen molar-refractivity contribution >= 4 is 5.97 Å². The van der Waals surface area contributed by atoms with Gasteiger partial charge in [0.25, 0.3) is 0 Å². The second kappa shape index (κ2) is 6.07. The Balaban J connectivity index is 4.70. The third-order valence-electron chi connectivity index (χ3n) is 1.03. The fourth-order valence-electron chi connectivity index (χ4n) is 0.535. The summed E-state index contributed by atoms with van der Waals surface area (Å²) in [5, 5.41) is 0. The molecule has 0 amide bonds. The monoisotopic (exact) mass is 162 g/mol. The summed E-state index contributed by atoms with van der Waals surface area (Å²) in [6.45, 7) is 3.33. The molecular formula is C10H10O2. The van der Waals surface area contributed by atoms with Crippen LogP contribution in [0.1, 0.15) is 13.8 Å². The Labute approximate surface area is 72.6 Å². The zero-order valence-electron chi connectivity index (χ0n) is 7.39. The van der Waals surface area contributed by atoms with Gasteiger partial charge in [-0.3, -0.25) is 0 Å². The fraction of sp³-hybridized carbons (Fsp3) is 0.300. The van der Waals surface area contributed by atoms with E-state index < -0.39 is 5.97 Å². The zero-order chi connectivity index (χ0) is 9.40. The summed E-state index contributed by atoms with van der Waals surface area (Å²) in [5.41, 5.74) is 0.286. The highest BCUT2D eigenvalue weighted by Gasteiger charge is 2.03. The van der Waals surface area contributed by atoms with Crippen molar-refractivity contribution < 1.29 is 9.53 Å². The molecule has 0 saturated heterocycles. The van der Waals surface area contributed by atoms with Gasteiger partial charge >= 0.3 is 5.97 Å². The van der Waals surface area contributed by atoms with Crippen molar-refractivity contribution in [2.24, 2.45) is 0 Å². The van der Waals surface area contributed by atoms with Crippen molar-refractivity contribution in [3.63, 3.8) is 0 Å². The Hall–Kier alpha value is -1.67. The minimum atomic E-state index is -0.452. The molecule has 2 heteroatoms. The predicted molar refractivity (Wildman–Crippen MR) is 47.0 cm³/mol. The number of carbonyl (C=O) groups is 1. The highest BCUT2D eigenvalue weighted by Crippen LogP contribution is 1.94. The summed E-state index contributed by atoms with van der Waals surface area (Å²) >= 11 is 0. The lowest BCUT2D eigenvalue weighted by atomic mass is 10.2. The van der Waals surface area contributed by atoms with Crippen molar-refractivity contribution in [2.75, 3.05) is 7.11 Å². The second-order valence-corrected chi connectivity index (χ2v) is 1.82. The average Bonchev–Trinajstić information content (AvgIpc) is 2.11. The van der Waals surface area contributed by atoms with Gasteiger partial charge in [0.05, 0.1) is 7.11 Å². The number of carbonyl (C=O) groups excluding carboxylic acids is 1. The van der Waals surface area contributed by atoms with Gasteiger partial charge in [-0.15, -0.1) is 11.8 Å². The van der Waals surface area contributed by atoms with Gasteiger partial charge in [-0.25, -0.2) is 4.79 Å². The molecule has 0 atom stereocenters. The van der Waals surface area contributed by atoms with E-state index in [9.17, 15) is 4.79 Å². The van der Waals surface area contributed by atoms with Crippen LogP contribution in [0.3, 0.4) is 0 Å². The Bertz CT molecular complexity index is 302. The maximum atomic E-state index is 10.9. The highest BCUT2D eigenvalue weighted by atomic mass is 16.5. The maximum absolute atomic E-state index is 10.9. The lowest BCUT2D eigenvalue weighted by Gasteiger charge is -1.93. The normalized spacial score (nSPS) is 8.75. The van der Waals surface area contributed by atoms with Crippen LogP contribution in [0.4, 0.5) is 0 Å². The number of hydrogen-bond donors (Lipinski definition) is 0. The summed E-state index contributed by atoms with van der Waals surface area (Å²) in [4.78, 5) is 10.9. The molecule has 0 spiro atoms. The van der Waals surface area contributed by atoms with Crippen LogP contribution in [0.15, 0.2) is 11.6 Å². The quantitative estimate of drug-likeness (QED) is 0.328. The first-order valence-corrected chi connectivity index (χ1v) is 3.39. The Morgan fingerprint density at radius 3 is 2.42 bits per heavy atom. The van der Waals surface area contributed by atoms with Crippen molar-refractivity contribution in [1.82, 2.24) is 0 Å². The van der Waals surface area contributed by atoms with E-state index in [1.807, 2.05) is 0 Å². The van der Waals surface area contributed by atoms with Crippen molar-refractivity contribution in [1.29, 1.82) is 0 Å². The number of allylic oxidation sites excluding steroid dienone is 1. The van der Waals surface area contributed by atoms with E-state index in [1.54, 1.807) is 13.8 Å². The van der Waals surface area contributed by atoms with E-state index in [1.165, 1.54) is 13.2 Å². The van der Waals surface area contributed by atoms with Gasteiger partial charge in [0.2, 0.25) is 0 Å². The molecule has 0 N–H and O–H groups in total. The molecule has 0 aliphatic heterocycles. The van der Waals surface area contributed by atoms with Crippen molar-refractivity contribution in [2.45, 2.75) is 13.8 Å². The number of rotatable bonds is 1. The molecule has 0 aromatic heterocycles. The molecule has 0 aliphatic rings. The van der Waals surface area contributed by atoms with E-state index in [2.05, 4.69) is 28.4 Å². The Kier molecular flexibility index (Phi) is 5.22. The topological polar surface area (TPSA) is 26.3 Å². The van der Waals surface area contributed by atoms with E-state index >= 15 is 0 Å². The molecule has 0 rings (SSSR count). The van der Waals surface area contributed by atoms with Crippen LogP contribution in [0, 0.1) is 23.7 Å². The molecular weight excluding hydrogens is 152 g/mol. The molecule has 12 heavy (non-hydrogen) atoms. The van der Waals surface area contributed by atoms with Gasteiger partial charge in [0.1, 0.15) is 5.57 Å². The fourth-order valence-corrected chi connectivity index (χ4v) is 0.535. The molecule has 0 radical (unpaired) electrons. The Morgan fingerprint density at radius 2 is 2.00 bits per heavy atom. The minimum absolute atomic E-state index is 0.286. The van der Waals surface area contributed by atoms with E-state index in [0.717, 1.165) is 0 Å². The van der Waals surface area contributed by atoms with Gasteiger partial charge < -0.3 is 4.74 Å². The predicted octanol–water partition coefficient (Wildman–Crippen LogP) is 1.13. The summed E-state index contributed by atoms with van der Waals surface area (Å²) in [6, 6.07) is 0. The first-order valence-electron chi connectivity index (χ1n) is 3.39. The van der Waals surface area contributed by atoms with Crippen molar-refractivity contribution in [3.8, 4) is 23.7 Å². The third kappa shape index (κ3) is 3.49. The van der Waals surface area contributed by atoms with Crippen LogP contribution >= 0.6 is 0 Å². The molecule has 0 saturated carbocycles. The summed E-state index contributed by atoms with van der Waals surface area (Å²) in [6.07, 6.45) is 1.45. The van der Waals surface area contributed by atoms with Crippen molar-refractivity contribution in [3.05, 3.63) is 11.6 Å². The summed E-state index contributed by atoms with van der Waals surface area (Å²) in [5.74, 6) is 10.0. The van der Waals surface area contributed by atoms with Gasteiger partial charge in [0, 0.05) is 6.08 Å². The summed E-state index contributed by atoms with van der Waals surface area (Å²) in [7, 11) is 1.31. The average molecular weight is 162 g/mol. The molecule has 62 valence electrons. The molecule has 2 nitrogen and oxygen atoms in total. The standard InChI is InChI=1S/C10H10O2/c1-4-6-8-9(7-5-2)10(11)12-3/h8H,1-3H3/b9-8+.